The highest BCUT2D eigenvalue weighted by Gasteiger charge is 2.19. The molecule has 2 aromatic carbocycles. The molecule has 0 atom stereocenters. The lowest BCUT2D eigenvalue weighted by molar-refractivity contribution is 0.381. The minimum atomic E-state index is -4.16. The second-order valence-corrected chi connectivity index (χ2v) is 6.96. The van der Waals surface area contributed by atoms with Gasteiger partial charge in [0.15, 0.2) is 5.82 Å². The van der Waals surface area contributed by atoms with Crippen molar-refractivity contribution >= 4 is 15.7 Å². The van der Waals surface area contributed by atoms with E-state index >= 15 is 0 Å². The normalized spacial score (nSPS) is 11.5. The van der Waals surface area contributed by atoms with Gasteiger partial charge in [0, 0.05) is 6.07 Å². The molecule has 3 aromatic rings. The molecule has 0 saturated carbocycles. The number of sulfonamides is 1. The highest BCUT2D eigenvalue weighted by atomic mass is 32.2. The van der Waals surface area contributed by atoms with E-state index in [0.717, 1.165) is 12.1 Å². The Kier molecular flexibility index (Phi) is 4.49. The molecule has 0 saturated heterocycles. The average Bonchev–Trinajstić information content (AvgIpc) is 2.93. The fourth-order valence-electron chi connectivity index (χ4n) is 2.24. The van der Waals surface area contributed by atoms with Gasteiger partial charge in [-0.1, -0.05) is 23.4 Å². The maximum atomic E-state index is 13.3. The smallest absolute Gasteiger partial charge is 0.262 e. The molecule has 0 bridgehead atoms. The molecule has 0 spiro atoms. The lowest BCUT2D eigenvalue weighted by Gasteiger charge is -2.12. The first-order valence-corrected chi connectivity index (χ1v) is 8.68. The zero-order chi connectivity index (χ0) is 18.0. The molecule has 130 valence electrons. The molecule has 25 heavy (non-hydrogen) atoms. The van der Waals surface area contributed by atoms with E-state index in [4.69, 9.17) is 4.52 Å². The van der Waals surface area contributed by atoms with E-state index in [1.807, 2.05) is 0 Å². The van der Waals surface area contributed by atoms with Crippen molar-refractivity contribution in [3.63, 3.8) is 0 Å². The first kappa shape index (κ1) is 17.0. The number of nitrogens with zero attached hydrogens (tertiary/aromatic N) is 2. The third-order valence-electron chi connectivity index (χ3n) is 3.32. The Labute approximate surface area is 142 Å². The number of rotatable bonds is 5. The van der Waals surface area contributed by atoms with Gasteiger partial charge < -0.3 is 4.52 Å². The number of anilines is 1. The quantitative estimate of drug-likeness (QED) is 0.751. The third-order valence-corrected chi connectivity index (χ3v) is 4.66. The molecule has 0 amide bonds. The minimum Gasteiger partial charge on any atom is -0.339 e. The Morgan fingerprint density at radius 3 is 2.44 bits per heavy atom. The fraction of sp³-hybridized carbons (Fsp3) is 0.125. The van der Waals surface area contributed by atoms with Gasteiger partial charge in [-0.05, 0) is 30.7 Å². The molecule has 1 N–H and O–H groups in total. The van der Waals surface area contributed by atoms with Crippen molar-refractivity contribution in [3.05, 3.63) is 71.4 Å². The van der Waals surface area contributed by atoms with E-state index in [1.54, 1.807) is 25.1 Å². The second kappa shape index (κ2) is 6.60. The Morgan fingerprint density at radius 2 is 1.80 bits per heavy atom. The van der Waals surface area contributed by atoms with Gasteiger partial charge in [-0.15, -0.1) is 0 Å². The highest BCUT2D eigenvalue weighted by molar-refractivity contribution is 7.92. The number of para-hydroxylation sites is 1. The standard InChI is InChI=1S/C16H13F2N3O3S/c1-10-19-16(24-20-10)6-11-4-2-3-5-15(11)21-25(22,23)14-8-12(17)7-13(18)9-14/h2-5,7-9,21H,6H2,1H3. The summed E-state index contributed by atoms with van der Waals surface area (Å²) < 4.78 is 58.8. The van der Waals surface area contributed by atoms with E-state index in [9.17, 15) is 17.2 Å². The van der Waals surface area contributed by atoms with Gasteiger partial charge in [0.05, 0.1) is 17.0 Å². The van der Waals surface area contributed by atoms with Crippen molar-refractivity contribution in [3.8, 4) is 0 Å². The SMILES string of the molecule is Cc1noc(Cc2ccccc2NS(=O)(=O)c2cc(F)cc(F)c2)n1. The van der Waals surface area contributed by atoms with Crippen LogP contribution in [0.15, 0.2) is 51.9 Å². The van der Waals surface area contributed by atoms with Crippen molar-refractivity contribution in [2.75, 3.05) is 4.72 Å². The van der Waals surface area contributed by atoms with Crippen LogP contribution in [0.3, 0.4) is 0 Å². The maximum Gasteiger partial charge on any atom is 0.262 e. The lowest BCUT2D eigenvalue weighted by Crippen LogP contribution is -2.15. The first-order valence-electron chi connectivity index (χ1n) is 7.19. The van der Waals surface area contributed by atoms with Gasteiger partial charge in [-0.2, -0.15) is 4.98 Å². The van der Waals surface area contributed by atoms with E-state index < -0.39 is 26.6 Å². The zero-order valence-corrected chi connectivity index (χ0v) is 13.8. The molecule has 0 unspecified atom stereocenters. The van der Waals surface area contributed by atoms with Gasteiger partial charge in [-0.3, -0.25) is 4.72 Å². The van der Waals surface area contributed by atoms with Crippen molar-refractivity contribution in [1.29, 1.82) is 0 Å². The van der Waals surface area contributed by atoms with Crippen LogP contribution in [0.5, 0.6) is 0 Å². The predicted molar refractivity (Wildman–Crippen MR) is 85.4 cm³/mol. The number of hydrogen-bond acceptors (Lipinski definition) is 5. The van der Waals surface area contributed by atoms with Gasteiger partial charge >= 0.3 is 0 Å². The molecule has 1 aromatic heterocycles. The van der Waals surface area contributed by atoms with E-state index in [1.165, 1.54) is 6.07 Å². The van der Waals surface area contributed by atoms with Gasteiger partial charge in [0.1, 0.15) is 11.6 Å². The predicted octanol–water partition coefficient (Wildman–Crippen LogP) is 3.05. The lowest BCUT2D eigenvalue weighted by atomic mass is 10.1. The summed E-state index contributed by atoms with van der Waals surface area (Å²) in [6.07, 6.45) is 0.205. The molecule has 0 fully saturated rings. The highest BCUT2D eigenvalue weighted by Crippen LogP contribution is 2.23. The molecule has 6 nitrogen and oxygen atoms in total. The molecule has 0 radical (unpaired) electrons. The van der Waals surface area contributed by atoms with Crippen LogP contribution in [0.4, 0.5) is 14.5 Å². The third kappa shape index (κ3) is 4.00. The summed E-state index contributed by atoms with van der Waals surface area (Å²) in [6.45, 7) is 1.67. The molecule has 0 aliphatic heterocycles. The number of halogens is 2. The van der Waals surface area contributed by atoms with Crippen molar-refractivity contribution in [2.45, 2.75) is 18.2 Å². The average molecular weight is 365 g/mol. The molecule has 0 aliphatic rings. The Morgan fingerprint density at radius 1 is 1.12 bits per heavy atom. The van der Waals surface area contributed by atoms with Gasteiger partial charge in [0.2, 0.25) is 5.89 Å². The van der Waals surface area contributed by atoms with Gasteiger partial charge in [0.25, 0.3) is 10.0 Å². The number of aryl methyl sites for hydroxylation is 1. The van der Waals surface area contributed by atoms with Crippen molar-refractivity contribution in [1.82, 2.24) is 10.1 Å². The molecular formula is C16H13F2N3O3S. The summed E-state index contributed by atoms with van der Waals surface area (Å²) in [6, 6.07) is 8.66. The topological polar surface area (TPSA) is 85.1 Å². The Hall–Kier alpha value is -2.81. The van der Waals surface area contributed by atoms with Crippen LogP contribution in [0.25, 0.3) is 0 Å². The van der Waals surface area contributed by atoms with Crippen LogP contribution in [-0.4, -0.2) is 18.6 Å². The summed E-state index contributed by atoms with van der Waals surface area (Å²) in [4.78, 5) is 3.56. The monoisotopic (exact) mass is 365 g/mol. The minimum absolute atomic E-state index is 0.205. The zero-order valence-electron chi connectivity index (χ0n) is 13.0. The molecule has 9 heteroatoms. The van der Waals surface area contributed by atoms with Crippen LogP contribution >= 0.6 is 0 Å². The summed E-state index contributed by atoms with van der Waals surface area (Å²) in [5, 5.41) is 3.68. The van der Waals surface area contributed by atoms with E-state index in [0.29, 0.717) is 23.3 Å². The molecule has 3 rings (SSSR count). The van der Waals surface area contributed by atoms with Crippen LogP contribution in [0.1, 0.15) is 17.3 Å². The van der Waals surface area contributed by atoms with Crippen molar-refractivity contribution in [2.24, 2.45) is 0 Å². The molecular weight excluding hydrogens is 352 g/mol. The van der Waals surface area contributed by atoms with Crippen LogP contribution < -0.4 is 4.72 Å². The number of nitrogens with one attached hydrogen (secondary N) is 1. The summed E-state index contributed by atoms with van der Waals surface area (Å²) in [5.41, 5.74) is 0.828. The van der Waals surface area contributed by atoms with Crippen molar-refractivity contribution < 1.29 is 21.7 Å². The number of aromatic nitrogens is 2. The molecule has 1 heterocycles. The largest absolute Gasteiger partial charge is 0.339 e. The summed E-state index contributed by atoms with van der Waals surface area (Å²) in [5.74, 6) is -1.17. The van der Waals surface area contributed by atoms with E-state index in [2.05, 4.69) is 14.9 Å². The van der Waals surface area contributed by atoms with Crippen LogP contribution in [0, 0.1) is 18.6 Å². The van der Waals surface area contributed by atoms with Gasteiger partial charge in [-0.25, -0.2) is 17.2 Å². The van der Waals surface area contributed by atoms with E-state index in [-0.39, 0.29) is 12.1 Å². The maximum absolute atomic E-state index is 13.3. The summed E-state index contributed by atoms with van der Waals surface area (Å²) in [7, 11) is -4.16. The summed E-state index contributed by atoms with van der Waals surface area (Å²) >= 11 is 0. The number of hydrogen-bond donors (Lipinski definition) is 1. The van der Waals surface area contributed by atoms with Crippen LogP contribution in [-0.2, 0) is 16.4 Å². The number of benzene rings is 2. The Balaban J connectivity index is 1.92. The Bertz CT molecular complexity index is 999. The first-order chi connectivity index (χ1) is 11.8. The van der Waals surface area contributed by atoms with Crippen LogP contribution in [0.2, 0.25) is 0 Å². The fourth-order valence-corrected chi connectivity index (χ4v) is 3.38. The second-order valence-electron chi connectivity index (χ2n) is 5.28. The molecule has 0 aliphatic carbocycles.